The molecule has 1 fully saturated rings. The van der Waals surface area contributed by atoms with Crippen LogP contribution < -0.4 is 5.32 Å². The Labute approximate surface area is 159 Å². The third kappa shape index (κ3) is 3.68. The Morgan fingerprint density at radius 1 is 1.30 bits per heavy atom. The summed E-state index contributed by atoms with van der Waals surface area (Å²) in [4.78, 5) is 29.4. The highest BCUT2D eigenvalue weighted by molar-refractivity contribution is 6.07. The van der Waals surface area contributed by atoms with Crippen LogP contribution in [0, 0.1) is 12.8 Å². The maximum absolute atomic E-state index is 13.0. The van der Waals surface area contributed by atoms with Gasteiger partial charge in [-0.05, 0) is 52.5 Å². The van der Waals surface area contributed by atoms with E-state index in [4.69, 9.17) is 4.98 Å². The molecule has 0 unspecified atom stereocenters. The largest absolute Gasteiger partial charge is 0.480 e. The summed E-state index contributed by atoms with van der Waals surface area (Å²) in [6, 6.07) is 0.874. The minimum Gasteiger partial charge on any atom is -0.480 e. The van der Waals surface area contributed by atoms with Crippen LogP contribution in [0.15, 0.2) is 6.07 Å². The lowest BCUT2D eigenvalue weighted by molar-refractivity contribution is -0.140. The number of carboxylic acids is 1. The van der Waals surface area contributed by atoms with Gasteiger partial charge in [0, 0.05) is 11.6 Å². The molecule has 27 heavy (non-hydrogen) atoms. The van der Waals surface area contributed by atoms with Crippen LogP contribution >= 0.6 is 0 Å². The van der Waals surface area contributed by atoms with Crippen LogP contribution in [0.2, 0.25) is 0 Å². The van der Waals surface area contributed by atoms with Crippen molar-refractivity contribution < 1.29 is 14.7 Å². The lowest BCUT2D eigenvalue weighted by Crippen LogP contribution is -2.44. The van der Waals surface area contributed by atoms with Crippen molar-refractivity contribution in [1.82, 2.24) is 20.1 Å². The standard InChI is InChI=1S/C20H28N4O3/c1-10(2)16(19(26)27)22-18(25)13-9-14(12-7-8-12)21-17-15(13)11(3)23-24(17)20(4,5)6/h9-10,12,16H,7-8H2,1-6H3,(H,22,25)(H,26,27)/t16-/m1/s1. The van der Waals surface area contributed by atoms with E-state index >= 15 is 0 Å². The van der Waals surface area contributed by atoms with E-state index < -0.39 is 12.0 Å². The highest BCUT2D eigenvalue weighted by Gasteiger charge is 2.31. The van der Waals surface area contributed by atoms with Crippen molar-refractivity contribution in [2.45, 2.75) is 71.9 Å². The van der Waals surface area contributed by atoms with E-state index in [0.717, 1.165) is 24.2 Å². The summed E-state index contributed by atoms with van der Waals surface area (Å²) in [6.07, 6.45) is 2.12. The zero-order chi connectivity index (χ0) is 20.1. The van der Waals surface area contributed by atoms with E-state index in [1.54, 1.807) is 13.8 Å². The molecule has 7 nitrogen and oxygen atoms in total. The summed E-state index contributed by atoms with van der Waals surface area (Å²) in [5, 5.41) is 17.4. The van der Waals surface area contributed by atoms with E-state index in [1.807, 2.05) is 38.4 Å². The normalized spacial score (nSPS) is 16.0. The number of nitrogens with zero attached hydrogens (tertiary/aromatic N) is 3. The van der Waals surface area contributed by atoms with Gasteiger partial charge in [-0.2, -0.15) is 5.10 Å². The number of aryl methyl sites for hydroxylation is 1. The van der Waals surface area contributed by atoms with Crippen molar-refractivity contribution in [1.29, 1.82) is 0 Å². The highest BCUT2D eigenvalue weighted by atomic mass is 16.4. The van der Waals surface area contributed by atoms with Crippen LogP contribution in [0.25, 0.3) is 11.0 Å². The molecule has 0 aromatic carbocycles. The number of carbonyl (C=O) groups is 2. The third-order valence-corrected chi connectivity index (χ3v) is 4.93. The predicted molar refractivity (Wildman–Crippen MR) is 103 cm³/mol. The Bertz CT molecular complexity index is 904. The Balaban J connectivity index is 2.15. The van der Waals surface area contributed by atoms with Crippen LogP contribution in [0.3, 0.4) is 0 Å². The monoisotopic (exact) mass is 372 g/mol. The fourth-order valence-electron chi connectivity index (χ4n) is 3.28. The van der Waals surface area contributed by atoms with Gasteiger partial charge in [-0.1, -0.05) is 13.8 Å². The van der Waals surface area contributed by atoms with E-state index in [9.17, 15) is 14.7 Å². The van der Waals surface area contributed by atoms with Crippen LogP contribution in [0.1, 0.15) is 75.1 Å². The van der Waals surface area contributed by atoms with E-state index in [2.05, 4.69) is 10.4 Å². The number of pyridine rings is 1. The summed E-state index contributed by atoms with van der Waals surface area (Å²) in [7, 11) is 0. The number of fused-ring (bicyclic) bond motifs is 1. The second-order valence-electron chi connectivity index (χ2n) is 8.77. The first-order valence-corrected chi connectivity index (χ1v) is 9.45. The molecule has 1 aliphatic carbocycles. The summed E-state index contributed by atoms with van der Waals surface area (Å²) in [5.74, 6) is -1.27. The molecule has 1 saturated carbocycles. The minimum absolute atomic E-state index is 0.218. The molecule has 146 valence electrons. The quantitative estimate of drug-likeness (QED) is 0.840. The summed E-state index contributed by atoms with van der Waals surface area (Å²) in [5.41, 5.74) is 2.47. The average Bonchev–Trinajstić information content (AvgIpc) is 3.34. The first-order valence-electron chi connectivity index (χ1n) is 9.45. The maximum atomic E-state index is 13.0. The van der Waals surface area contributed by atoms with Crippen LogP contribution in [-0.2, 0) is 10.3 Å². The average molecular weight is 372 g/mol. The molecule has 2 heterocycles. The Kier molecular flexibility index (Phi) is 4.74. The number of hydrogen-bond acceptors (Lipinski definition) is 4. The van der Waals surface area contributed by atoms with Crippen LogP contribution in [0.5, 0.6) is 0 Å². The molecule has 1 amide bonds. The van der Waals surface area contributed by atoms with Crippen molar-refractivity contribution in [3.63, 3.8) is 0 Å². The fraction of sp³-hybridized carbons (Fsp3) is 0.600. The van der Waals surface area contributed by atoms with Gasteiger partial charge in [0.2, 0.25) is 0 Å². The first kappa shape index (κ1) is 19.3. The van der Waals surface area contributed by atoms with Gasteiger partial charge in [0.1, 0.15) is 6.04 Å². The van der Waals surface area contributed by atoms with Crippen molar-refractivity contribution in [3.05, 3.63) is 23.0 Å². The highest BCUT2D eigenvalue weighted by Crippen LogP contribution is 2.41. The van der Waals surface area contributed by atoms with E-state index in [1.165, 1.54) is 0 Å². The Morgan fingerprint density at radius 2 is 1.93 bits per heavy atom. The van der Waals surface area contributed by atoms with Gasteiger partial charge in [0.15, 0.2) is 5.65 Å². The van der Waals surface area contributed by atoms with Gasteiger partial charge < -0.3 is 10.4 Å². The van der Waals surface area contributed by atoms with Gasteiger partial charge in [-0.15, -0.1) is 0 Å². The summed E-state index contributed by atoms with van der Waals surface area (Å²) < 4.78 is 1.86. The topological polar surface area (TPSA) is 97.1 Å². The number of rotatable bonds is 5. The van der Waals surface area contributed by atoms with Crippen molar-refractivity contribution >= 4 is 22.9 Å². The van der Waals surface area contributed by atoms with Crippen LogP contribution in [0.4, 0.5) is 0 Å². The van der Waals surface area contributed by atoms with Crippen molar-refractivity contribution in [3.8, 4) is 0 Å². The fourth-order valence-corrected chi connectivity index (χ4v) is 3.28. The van der Waals surface area contributed by atoms with Crippen LogP contribution in [-0.4, -0.2) is 37.8 Å². The van der Waals surface area contributed by atoms with Gasteiger partial charge in [0.25, 0.3) is 5.91 Å². The summed E-state index contributed by atoms with van der Waals surface area (Å²) in [6.45, 7) is 11.5. The second kappa shape index (κ2) is 6.62. The number of carboxylic acid groups (broad SMARTS) is 1. The molecule has 0 aliphatic heterocycles. The van der Waals surface area contributed by atoms with Crippen molar-refractivity contribution in [2.24, 2.45) is 5.92 Å². The van der Waals surface area contributed by atoms with E-state index in [0.29, 0.717) is 22.5 Å². The number of nitrogens with one attached hydrogen (secondary N) is 1. The lowest BCUT2D eigenvalue weighted by atomic mass is 10.0. The molecule has 7 heteroatoms. The third-order valence-electron chi connectivity index (χ3n) is 4.93. The number of hydrogen-bond donors (Lipinski definition) is 2. The molecule has 2 N–H and O–H groups in total. The molecule has 1 atom stereocenters. The number of amides is 1. The number of carbonyl (C=O) groups excluding carboxylic acids is 1. The SMILES string of the molecule is Cc1nn(C(C)(C)C)c2nc(C3CC3)cc(C(=O)N[C@@H](C(=O)O)C(C)C)c12. The molecule has 2 aromatic rings. The zero-order valence-corrected chi connectivity index (χ0v) is 16.8. The van der Waals surface area contributed by atoms with E-state index in [-0.39, 0.29) is 17.4 Å². The van der Waals surface area contributed by atoms with Gasteiger partial charge in [-0.3, -0.25) is 4.79 Å². The van der Waals surface area contributed by atoms with Gasteiger partial charge in [-0.25, -0.2) is 14.5 Å². The Morgan fingerprint density at radius 3 is 2.41 bits per heavy atom. The van der Waals surface area contributed by atoms with Gasteiger partial charge >= 0.3 is 5.97 Å². The molecule has 1 aliphatic rings. The molecular weight excluding hydrogens is 344 g/mol. The molecule has 0 spiro atoms. The first-order chi connectivity index (χ1) is 12.5. The molecule has 2 aromatic heterocycles. The Hall–Kier alpha value is -2.44. The molecule has 0 bridgehead atoms. The lowest BCUT2D eigenvalue weighted by Gasteiger charge is -2.21. The molecule has 3 rings (SSSR count). The smallest absolute Gasteiger partial charge is 0.326 e. The number of aliphatic carboxylic acids is 1. The van der Waals surface area contributed by atoms with Gasteiger partial charge in [0.05, 0.1) is 22.2 Å². The summed E-state index contributed by atoms with van der Waals surface area (Å²) >= 11 is 0. The second-order valence-corrected chi connectivity index (χ2v) is 8.77. The maximum Gasteiger partial charge on any atom is 0.326 e. The minimum atomic E-state index is -1.03. The molecular formula is C20H28N4O3. The molecule has 0 radical (unpaired) electrons. The molecule has 0 saturated heterocycles. The number of aromatic nitrogens is 3. The predicted octanol–water partition coefficient (Wildman–Crippen LogP) is 3.21. The van der Waals surface area contributed by atoms with Crippen molar-refractivity contribution in [2.75, 3.05) is 0 Å². The zero-order valence-electron chi connectivity index (χ0n) is 16.8.